The Balaban J connectivity index is -0.000000244. The van der Waals surface area contributed by atoms with Crippen LogP contribution in [0.2, 0.25) is 0 Å². The number of carbonyl (C=O) groups is 3. The van der Waals surface area contributed by atoms with Gasteiger partial charge >= 0.3 is 11.9 Å². The lowest BCUT2D eigenvalue weighted by molar-refractivity contribution is -0.143. The van der Waals surface area contributed by atoms with Crippen molar-refractivity contribution in [2.75, 3.05) is 26.2 Å². The van der Waals surface area contributed by atoms with Crippen molar-refractivity contribution in [2.45, 2.75) is 40.5 Å². The van der Waals surface area contributed by atoms with Gasteiger partial charge in [-0.05, 0) is 26.2 Å². The number of aliphatic carboxylic acids is 2. The average Bonchev–Trinajstić information content (AvgIpc) is 2.30. The molecule has 0 aliphatic heterocycles. The van der Waals surface area contributed by atoms with E-state index in [0.717, 1.165) is 26.2 Å². The van der Waals surface area contributed by atoms with Gasteiger partial charge in [0.05, 0.1) is 0 Å². The molecule has 0 aromatic rings. The highest BCUT2D eigenvalue weighted by molar-refractivity contribution is 6.02. The predicted octanol–water partition coefficient (Wildman–Crippen LogP) is 0.737. The van der Waals surface area contributed by atoms with Crippen molar-refractivity contribution in [2.24, 2.45) is 0 Å². The molecule has 0 saturated carbocycles. The molecule has 0 aromatic heterocycles. The smallest absolute Gasteiger partial charge is 0.310 e. The van der Waals surface area contributed by atoms with E-state index in [4.69, 9.17) is 10.2 Å². The Morgan fingerprint density at radius 3 is 1.05 bits per heavy atom. The first-order valence-electron chi connectivity index (χ1n) is 6.72. The lowest BCUT2D eigenvalue weighted by Crippen LogP contribution is -2.11. The Morgan fingerprint density at radius 1 is 0.700 bits per heavy atom. The third-order valence-corrected chi connectivity index (χ3v) is 1.70. The molecule has 0 bridgehead atoms. The summed E-state index contributed by atoms with van der Waals surface area (Å²) in [6.07, 6.45) is -1.43. The largest absolute Gasteiger partial charge is 0.481 e. The first-order valence-corrected chi connectivity index (χ1v) is 6.72. The van der Waals surface area contributed by atoms with Crippen LogP contribution >= 0.6 is 0 Å². The minimum Gasteiger partial charge on any atom is -0.481 e. The summed E-state index contributed by atoms with van der Waals surface area (Å²) in [5, 5.41) is 22.2. The molecule has 4 N–H and O–H groups in total. The van der Waals surface area contributed by atoms with Crippen molar-refractivity contribution in [3.8, 4) is 0 Å². The lowest BCUT2D eigenvalue weighted by Gasteiger charge is -1.89. The van der Waals surface area contributed by atoms with Crippen molar-refractivity contribution in [1.82, 2.24) is 10.6 Å². The topological polar surface area (TPSA) is 116 Å². The minimum atomic E-state index is -1.30. The van der Waals surface area contributed by atoms with Crippen LogP contribution in [0.15, 0.2) is 0 Å². The molecular weight excluding hydrogens is 264 g/mol. The van der Waals surface area contributed by atoms with Gasteiger partial charge in [0.15, 0.2) is 5.78 Å². The molecule has 0 fully saturated rings. The van der Waals surface area contributed by atoms with Crippen LogP contribution in [0.25, 0.3) is 0 Å². The molecule has 0 saturated heterocycles. The number of ketones is 1. The number of carbonyl (C=O) groups excluding carboxylic acids is 1. The molecule has 20 heavy (non-hydrogen) atoms. The summed E-state index contributed by atoms with van der Waals surface area (Å²) in [6, 6.07) is 0. The maximum Gasteiger partial charge on any atom is 0.310 e. The highest BCUT2D eigenvalue weighted by Gasteiger charge is 2.10. The summed E-state index contributed by atoms with van der Waals surface area (Å²) >= 11 is 0. The van der Waals surface area contributed by atoms with E-state index in [-0.39, 0.29) is 0 Å². The Hall–Kier alpha value is -1.47. The summed E-state index contributed by atoms with van der Waals surface area (Å²) in [6.45, 7) is 12.8. The fourth-order valence-electron chi connectivity index (χ4n) is 0.900. The molecule has 0 aliphatic carbocycles. The van der Waals surface area contributed by atoms with Gasteiger partial charge in [-0.3, -0.25) is 14.4 Å². The van der Waals surface area contributed by atoms with Crippen LogP contribution in [0.4, 0.5) is 0 Å². The predicted molar refractivity (Wildman–Crippen MR) is 77.9 cm³/mol. The Kier molecular flexibility index (Phi) is 23.4. The first-order chi connectivity index (χ1) is 9.35. The van der Waals surface area contributed by atoms with Crippen molar-refractivity contribution < 1.29 is 24.6 Å². The summed E-state index contributed by atoms with van der Waals surface area (Å²) in [4.78, 5) is 29.9. The summed E-state index contributed by atoms with van der Waals surface area (Å²) in [7, 11) is 0. The number of carboxylic acid groups (broad SMARTS) is 2. The van der Waals surface area contributed by atoms with E-state index >= 15 is 0 Å². The molecule has 0 heterocycles. The van der Waals surface area contributed by atoms with E-state index in [0.29, 0.717) is 0 Å². The molecule has 0 radical (unpaired) electrons. The van der Waals surface area contributed by atoms with E-state index in [1.807, 2.05) is 0 Å². The number of Topliss-reactive ketones (excluding diaryl/α,β-unsaturated/α-hetero) is 1. The van der Waals surface area contributed by atoms with Gasteiger partial charge in [-0.25, -0.2) is 0 Å². The summed E-state index contributed by atoms with van der Waals surface area (Å²) in [5.41, 5.74) is 0. The molecule has 0 atom stereocenters. The first kappa shape index (κ1) is 23.6. The zero-order valence-electron chi connectivity index (χ0n) is 12.9. The van der Waals surface area contributed by atoms with Crippen LogP contribution in [-0.4, -0.2) is 54.1 Å². The maximum atomic E-state index is 10.3. The Morgan fingerprint density at radius 2 is 0.950 bits per heavy atom. The van der Waals surface area contributed by atoms with Crippen LogP contribution in [-0.2, 0) is 14.4 Å². The molecule has 120 valence electrons. The SMILES string of the molecule is CCNCC.CCNCC.O=C(O)CC(=O)CC(=O)O. The van der Waals surface area contributed by atoms with Crippen LogP contribution in [0.3, 0.4) is 0 Å². The van der Waals surface area contributed by atoms with Gasteiger partial charge < -0.3 is 20.8 Å². The average molecular weight is 292 g/mol. The zero-order chi connectivity index (χ0) is 16.4. The van der Waals surface area contributed by atoms with Crippen molar-refractivity contribution in [3.63, 3.8) is 0 Å². The second-order valence-corrected chi connectivity index (χ2v) is 3.59. The van der Waals surface area contributed by atoms with Crippen molar-refractivity contribution in [3.05, 3.63) is 0 Å². The lowest BCUT2D eigenvalue weighted by atomic mass is 10.2. The van der Waals surface area contributed by atoms with E-state index < -0.39 is 30.6 Å². The van der Waals surface area contributed by atoms with Crippen LogP contribution in [0, 0.1) is 0 Å². The van der Waals surface area contributed by atoms with Gasteiger partial charge in [0, 0.05) is 0 Å². The van der Waals surface area contributed by atoms with Crippen LogP contribution in [0.1, 0.15) is 40.5 Å². The number of rotatable bonds is 8. The molecule has 0 aromatic carbocycles. The minimum absolute atomic E-state index is 0.716. The standard InChI is InChI=1S/C5H6O5.2C4H11N/c6-3(1-4(7)8)2-5(9)10;2*1-3-5-4-2/h1-2H2,(H,7,8)(H,9,10);2*5H,3-4H2,1-2H3. The summed E-state index contributed by atoms with van der Waals surface area (Å²) < 4.78 is 0. The van der Waals surface area contributed by atoms with Gasteiger partial charge in [-0.1, -0.05) is 27.7 Å². The van der Waals surface area contributed by atoms with Crippen LogP contribution < -0.4 is 10.6 Å². The maximum absolute atomic E-state index is 10.3. The number of hydrogen-bond donors (Lipinski definition) is 4. The molecule has 7 nitrogen and oxygen atoms in total. The number of nitrogens with one attached hydrogen (secondary N) is 2. The Labute approximate surface area is 120 Å². The Bertz CT molecular complexity index is 229. The monoisotopic (exact) mass is 292 g/mol. The third kappa shape index (κ3) is 36.0. The molecular formula is C13H28N2O5. The molecule has 0 aliphatic rings. The van der Waals surface area contributed by atoms with Gasteiger partial charge in [-0.2, -0.15) is 0 Å². The van der Waals surface area contributed by atoms with Gasteiger partial charge in [-0.15, -0.1) is 0 Å². The fourth-order valence-corrected chi connectivity index (χ4v) is 0.900. The normalized spacial score (nSPS) is 8.60. The molecule has 0 rings (SSSR count). The van der Waals surface area contributed by atoms with Gasteiger partial charge in [0.2, 0.25) is 0 Å². The number of carboxylic acids is 2. The van der Waals surface area contributed by atoms with Crippen molar-refractivity contribution in [1.29, 1.82) is 0 Å². The summed E-state index contributed by atoms with van der Waals surface area (Å²) in [5.74, 6) is -3.39. The highest BCUT2D eigenvalue weighted by Crippen LogP contribution is 1.88. The van der Waals surface area contributed by atoms with E-state index in [1.54, 1.807) is 0 Å². The van der Waals surface area contributed by atoms with Crippen LogP contribution in [0.5, 0.6) is 0 Å². The second kappa shape index (κ2) is 19.9. The van der Waals surface area contributed by atoms with Gasteiger partial charge in [0.25, 0.3) is 0 Å². The fraction of sp³-hybridized carbons (Fsp3) is 0.769. The van der Waals surface area contributed by atoms with E-state index in [1.165, 1.54) is 0 Å². The highest BCUT2D eigenvalue weighted by atomic mass is 16.4. The van der Waals surface area contributed by atoms with Crippen molar-refractivity contribution >= 4 is 17.7 Å². The van der Waals surface area contributed by atoms with E-state index in [9.17, 15) is 14.4 Å². The molecule has 7 heteroatoms. The zero-order valence-corrected chi connectivity index (χ0v) is 12.9. The quantitative estimate of drug-likeness (QED) is 0.487. The van der Waals surface area contributed by atoms with Gasteiger partial charge in [0.1, 0.15) is 12.8 Å². The molecule has 0 unspecified atom stereocenters. The second-order valence-electron chi connectivity index (χ2n) is 3.59. The van der Waals surface area contributed by atoms with E-state index in [2.05, 4.69) is 38.3 Å². The number of hydrogen-bond acceptors (Lipinski definition) is 5. The third-order valence-electron chi connectivity index (χ3n) is 1.70. The molecule has 0 spiro atoms. The molecule has 0 amide bonds.